The first-order valence-electron chi connectivity index (χ1n) is 13.5. The predicted octanol–water partition coefficient (Wildman–Crippen LogP) is 4.32. The van der Waals surface area contributed by atoms with Gasteiger partial charge in [-0.2, -0.15) is 0 Å². The van der Waals surface area contributed by atoms with Gasteiger partial charge in [-0.25, -0.2) is 9.69 Å². The van der Waals surface area contributed by atoms with Crippen LogP contribution in [0.3, 0.4) is 0 Å². The second kappa shape index (κ2) is 12.3. The van der Waals surface area contributed by atoms with E-state index in [1.165, 1.54) is 29.7 Å². The van der Waals surface area contributed by atoms with Gasteiger partial charge >= 0.3 is 5.97 Å². The van der Waals surface area contributed by atoms with Crippen molar-refractivity contribution in [2.45, 2.75) is 31.7 Å². The van der Waals surface area contributed by atoms with E-state index in [-0.39, 0.29) is 29.6 Å². The maximum atomic E-state index is 13.3. The average Bonchev–Trinajstić information content (AvgIpc) is 3.29. The Morgan fingerprint density at radius 1 is 0.875 bits per heavy atom. The minimum atomic E-state index is -0.676. The van der Waals surface area contributed by atoms with E-state index >= 15 is 0 Å². The van der Waals surface area contributed by atoms with Crippen LogP contribution >= 0.6 is 0 Å². The van der Waals surface area contributed by atoms with Crippen molar-refractivity contribution < 1.29 is 28.7 Å². The number of piperidine rings is 1. The molecule has 206 valence electrons. The highest BCUT2D eigenvalue weighted by atomic mass is 16.5. The summed E-state index contributed by atoms with van der Waals surface area (Å²) in [5.41, 5.74) is 2.29. The number of carbonyl (C=O) groups excluding carboxylic acids is 4. The summed E-state index contributed by atoms with van der Waals surface area (Å²) in [4.78, 5) is 54.5. The van der Waals surface area contributed by atoms with Crippen LogP contribution in [-0.2, 0) is 20.7 Å². The summed E-state index contributed by atoms with van der Waals surface area (Å²) in [6, 6.07) is 22.8. The van der Waals surface area contributed by atoms with Gasteiger partial charge in [0.15, 0.2) is 6.61 Å². The molecule has 0 saturated carbocycles. The summed E-state index contributed by atoms with van der Waals surface area (Å²) in [6.45, 7) is 1.13. The highest BCUT2D eigenvalue weighted by molar-refractivity contribution is 6.22. The van der Waals surface area contributed by atoms with Gasteiger partial charge < -0.3 is 9.47 Å². The number of esters is 1. The number of methoxy groups -OCH3 is 1. The van der Waals surface area contributed by atoms with Crippen LogP contribution in [0.2, 0.25) is 0 Å². The smallest absolute Gasteiger partial charge is 0.338 e. The number of imide groups is 1. The average molecular weight is 541 g/mol. The molecule has 3 aromatic rings. The van der Waals surface area contributed by atoms with E-state index in [9.17, 15) is 19.2 Å². The van der Waals surface area contributed by atoms with Gasteiger partial charge in [0.25, 0.3) is 5.91 Å². The molecule has 2 aliphatic heterocycles. The number of hydrogen-bond donors (Lipinski definition) is 0. The van der Waals surface area contributed by atoms with Gasteiger partial charge in [-0.3, -0.25) is 19.3 Å². The van der Waals surface area contributed by atoms with E-state index < -0.39 is 18.6 Å². The summed E-state index contributed by atoms with van der Waals surface area (Å²) in [6.07, 6.45) is 3.16. The molecule has 2 heterocycles. The number of nitrogens with zero attached hydrogens (tertiary/aromatic N) is 2. The van der Waals surface area contributed by atoms with E-state index in [1.54, 1.807) is 36.4 Å². The number of amides is 2. The van der Waals surface area contributed by atoms with E-state index in [1.807, 2.05) is 6.07 Å². The third-order valence-corrected chi connectivity index (χ3v) is 7.68. The lowest BCUT2D eigenvalue weighted by Gasteiger charge is -2.34. The Hall–Kier alpha value is -4.30. The number of ketones is 1. The van der Waals surface area contributed by atoms with Crippen molar-refractivity contribution in [3.8, 4) is 5.75 Å². The summed E-state index contributed by atoms with van der Waals surface area (Å²) in [5.74, 6) is -0.568. The molecule has 5 rings (SSSR count). The number of carbonyl (C=O) groups is 4. The quantitative estimate of drug-likeness (QED) is 0.227. The van der Waals surface area contributed by atoms with Crippen molar-refractivity contribution in [2.24, 2.45) is 5.92 Å². The normalized spacial score (nSPS) is 18.1. The van der Waals surface area contributed by atoms with E-state index in [0.29, 0.717) is 22.9 Å². The number of rotatable bonds is 9. The van der Waals surface area contributed by atoms with Crippen molar-refractivity contribution >= 4 is 29.3 Å². The topological polar surface area (TPSA) is 93.2 Å². The first-order chi connectivity index (χ1) is 19.4. The molecule has 2 fully saturated rings. The number of para-hydroxylation sites is 1. The van der Waals surface area contributed by atoms with Crippen LogP contribution in [0.4, 0.5) is 5.69 Å². The molecule has 0 aliphatic carbocycles. The van der Waals surface area contributed by atoms with Gasteiger partial charge in [-0.05, 0) is 80.2 Å². The van der Waals surface area contributed by atoms with Gasteiger partial charge in [-0.1, -0.05) is 42.5 Å². The Labute approximate surface area is 233 Å². The Bertz CT molecular complexity index is 1380. The van der Waals surface area contributed by atoms with E-state index in [2.05, 4.69) is 29.2 Å². The molecule has 0 N–H and O–H groups in total. The summed E-state index contributed by atoms with van der Waals surface area (Å²) < 4.78 is 10.4. The monoisotopic (exact) mass is 540 g/mol. The van der Waals surface area contributed by atoms with Gasteiger partial charge in [-0.15, -0.1) is 0 Å². The molecular formula is C32H32N2O6. The van der Waals surface area contributed by atoms with Crippen LogP contribution in [0, 0.1) is 5.92 Å². The van der Waals surface area contributed by atoms with Crippen molar-refractivity contribution in [1.82, 2.24) is 4.90 Å². The van der Waals surface area contributed by atoms with Crippen molar-refractivity contribution in [3.63, 3.8) is 0 Å². The number of Topliss-reactive ketones (excluding diaryl/α,β-unsaturated/α-hetero) is 1. The number of anilines is 1. The van der Waals surface area contributed by atoms with E-state index in [0.717, 1.165) is 32.4 Å². The highest BCUT2D eigenvalue weighted by Gasteiger charge is 2.43. The SMILES string of the molecule is COc1ccccc1C(=O)COC(=O)c1ccc(N2C(=O)CC(N3CCC(Cc4ccccc4)CC3)C2=O)cc1. The van der Waals surface area contributed by atoms with Crippen molar-refractivity contribution in [3.05, 3.63) is 95.6 Å². The predicted molar refractivity (Wildman–Crippen MR) is 149 cm³/mol. The molecular weight excluding hydrogens is 508 g/mol. The van der Waals surface area contributed by atoms with Crippen LogP contribution in [0.25, 0.3) is 0 Å². The van der Waals surface area contributed by atoms with Crippen LogP contribution in [0.1, 0.15) is 45.5 Å². The van der Waals surface area contributed by atoms with Crippen molar-refractivity contribution in [1.29, 1.82) is 0 Å². The molecule has 0 aromatic heterocycles. The standard InChI is InChI=1S/C32H32N2O6/c1-39-29-10-6-5-9-26(29)28(35)21-40-32(38)24-11-13-25(14-12-24)34-30(36)20-27(31(34)37)33-17-15-23(16-18-33)19-22-7-3-2-4-8-22/h2-14,23,27H,15-21H2,1H3. The molecule has 2 saturated heterocycles. The maximum absolute atomic E-state index is 13.3. The second-order valence-electron chi connectivity index (χ2n) is 10.2. The molecule has 2 amide bonds. The summed E-state index contributed by atoms with van der Waals surface area (Å²) in [5, 5.41) is 0. The number of likely N-dealkylation sites (tertiary alicyclic amines) is 1. The number of benzene rings is 3. The number of ether oxygens (including phenoxy) is 2. The summed E-state index contributed by atoms with van der Waals surface area (Å²) >= 11 is 0. The molecule has 2 aliphatic rings. The molecule has 0 spiro atoms. The molecule has 0 bridgehead atoms. The lowest BCUT2D eigenvalue weighted by Crippen LogP contribution is -2.46. The summed E-state index contributed by atoms with van der Waals surface area (Å²) in [7, 11) is 1.47. The zero-order valence-corrected chi connectivity index (χ0v) is 22.5. The maximum Gasteiger partial charge on any atom is 0.338 e. The fraction of sp³-hybridized carbons (Fsp3) is 0.312. The van der Waals surface area contributed by atoms with Gasteiger partial charge in [0.2, 0.25) is 11.7 Å². The van der Waals surface area contributed by atoms with Crippen LogP contribution in [-0.4, -0.2) is 61.3 Å². The van der Waals surface area contributed by atoms with Crippen LogP contribution in [0.5, 0.6) is 5.75 Å². The lowest BCUT2D eigenvalue weighted by molar-refractivity contribution is -0.123. The molecule has 3 aromatic carbocycles. The molecule has 1 atom stereocenters. The van der Waals surface area contributed by atoms with Gasteiger partial charge in [0.05, 0.1) is 36.4 Å². The van der Waals surface area contributed by atoms with Gasteiger partial charge in [0, 0.05) is 0 Å². The first kappa shape index (κ1) is 27.3. The lowest BCUT2D eigenvalue weighted by atomic mass is 9.89. The Morgan fingerprint density at radius 2 is 1.55 bits per heavy atom. The largest absolute Gasteiger partial charge is 0.496 e. The van der Waals surface area contributed by atoms with Crippen molar-refractivity contribution in [2.75, 3.05) is 31.7 Å². The molecule has 8 heteroatoms. The Balaban J connectivity index is 1.15. The highest BCUT2D eigenvalue weighted by Crippen LogP contribution is 2.30. The van der Waals surface area contributed by atoms with Crippen LogP contribution in [0.15, 0.2) is 78.9 Å². The number of hydrogen-bond acceptors (Lipinski definition) is 7. The third kappa shape index (κ3) is 5.97. The zero-order valence-electron chi connectivity index (χ0n) is 22.5. The minimum absolute atomic E-state index is 0.150. The fourth-order valence-corrected chi connectivity index (χ4v) is 5.50. The molecule has 40 heavy (non-hydrogen) atoms. The fourth-order valence-electron chi connectivity index (χ4n) is 5.50. The van der Waals surface area contributed by atoms with Gasteiger partial charge in [0.1, 0.15) is 5.75 Å². The second-order valence-corrected chi connectivity index (χ2v) is 10.2. The Morgan fingerprint density at radius 3 is 2.25 bits per heavy atom. The molecule has 1 unspecified atom stereocenters. The minimum Gasteiger partial charge on any atom is -0.496 e. The van der Waals surface area contributed by atoms with Crippen LogP contribution < -0.4 is 9.64 Å². The third-order valence-electron chi connectivity index (χ3n) is 7.68. The zero-order chi connectivity index (χ0) is 28.1. The Kier molecular flexibility index (Phi) is 8.36. The van der Waals surface area contributed by atoms with E-state index in [4.69, 9.17) is 9.47 Å². The first-order valence-corrected chi connectivity index (χ1v) is 13.5. The molecule has 0 radical (unpaired) electrons. The molecule has 8 nitrogen and oxygen atoms in total.